The number of aliphatic imine (C=N–C) groups is 1. The molecule has 0 N–H and O–H groups in total. The quantitative estimate of drug-likeness (QED) is 0.584. The molecular weight excluding hydrogens is 262 g/mol. The Hall–Kier alpha value is -1.51. The Bertz CT molecular complexity index is 564. The van der Waals surface area contributed by atoms with Gasteiger partial charge in [-0.3, -0.25) is 4.99 Å². The summed E-state index contributed by atoms with van der Waals surface area (Å²) in [6.45, 7) is 0. The van der Waals surface area contributed by atoms with E-state index in [4.69, 9.17) is 11.6 Å². The van der Waals surface area contributed by atoms with E-state index in [-0.39, 0.29) is 0 Å². The lowest BCUT2D eigenvalue weighted by atomic mass is 10.0. The molecule has 0 aliphatic carbocycles. The van der Waals surface area contributed by atoms with Gasteiger partial charge in [0.1, 0.15) is 0 Å². The lowest BCUT2D eigenvalue weighted by molar-refractivity contribution is 1.19. The van der Waals surface area contributed by atoms with Gasteiger partial charge in [-0.05, 0) is 29.7 Å². The molecule has 0 spiro atoms. The van der Waals surface area contributed by atoms with Gasteiger partial charge in [-0.25, -0.2) is 0 Å². The van der Waals surface area contributed by atoms with Crippen LogP contribution in [0.4, 0.5) is 5.69 Å². The van der Waals surface area contributed by atoms with Crippen LogP contribution in [0.15, 0.2) is 53.5 Å². The van der Waals surface area contributed by atoms with Gasteiger partial charge in [-0.2, -0.15) is 0 Å². The number of nitrogens with zero attached hydrogens (tertiary/aromatic N) is 1. The third-order valence-electron chi connectivity index (χ3n) is 2.56. The van der Waals surface area contributed by atoms with Crippen LogP contribution in [0.1, 0.15) is 11.1 Å². The summed E-state index contributed by atoms with van der Waals surface area (Å²) in [5, 5.41) is 2.21. The van der Waals surface area contributed by atoms with Crippen LogP contribution < -0.4 is 0 Å². The molecule has 0 atom stereocenters. The third-order valence-corrected chi connectivity index (χ3v) is 3.03. The third kappa shape index (κ3) is 3.49. The van der Waals surface area contributed by atoms with Crippen molar-refractivity contribution in [1.82, 2.24) is 0 Å². The average molecular weight is 274 g/mol. The summed E-state index contributed by atoms with van der Waals surface area (Å²) < 4.78 is 0. The first-order chi connectivity index (χ1) is 8.79. The maximum absolute atomic E-state index is 6.25. The number of rotatable bonds is 4. The first-order valence-corrected chi connectivity index (χ1v) is 6.45. The van der Waals surface area contributed by atoms with Crippen LogP contribution in [0.25, 0.3) is 0 Å². The predicted molar refractivity (Wildman–Crippen MR) is 82.5 cm³/mol. The lowest BCUT2D eigenvalue weighted by Crippen LogP contribution is -1.88. The van der Waals surface area contributed by atoms with E-state index in [1.807, 2.05) is 36.4 Å². The molecule has 18 heavy (non-hydrogen) atoms. The molecule has 2 aromatic carbocycles. The Morgan fingerprint density at radius 1 is 1.11 bits per heavy atom. The van der Waals surface area contributed by atoms with E-state index in [1.165, 1.54) is 10.9 Å². The monoisotopic (exact) mass is 273 g/mol. The molecule has 0 unspecified atom stereocenters. The second-order valence-electron chi connectivity index (χ2n) is 3.85. The SMILES string of the molecule is S=CC=Nc1ccc(Cc2ccccc2)c(Cl)c1. The maximum Gasteiger partial charge on any atom is 0.0644 e. The average Bonchev–Trinajstić information content (AvgIpc) is 2.40. The molecule has 1 nitrogen and oxygen atoms in total. The van der Waals surface area contributed by atoms with E-state index in [0.717, 1.165) is 22.7 Å². The lowest BCUT2D eigenvalue weighted by Gasteiger charge is -2.05. The Labute approximate surface area is 117 Å². The second kappa shape index (κ2) is 6.43. The molecule has 0 aliphatic heterocycles. The molecular formula is C15H12ClNS. The van der Waals surface area contributed by atoms with Gasteiger partial charge in [0.2, 0.25) is 0 Å². The van der Waals surface area contributed by atoms with E-state index < -0.39 is 0 Å². The first kappa shape index (κ1) is 12.9. The molecule has 0 saturated heterocycles. The minimum atomic E-state index is 0.734. The van der Waals surface area contributed by atoms with Gasteiger partial charge in [0.15, 0.2) is 0 Å². The van der Waals surface area contributed by atoms with Crippen LogP contribution in [0.3, 0.4) is 0 Å². The Morgan fingerprint density at radius 2 is 1.89 bits per heavy atom. The zero-order valence-corrected chi connectivity index (χ0v) is 11.3. The predicted octanol–water partition coefficient (Wildman–Crippen LogP) is 4.63. The van der Waals surface area contributed by atoms with E-state index in [2.05, 4.69) is 29.3 Å². The minimum absolute atomic E-state index is 0.734. The number of halogens is 1. The van der Waals surface area contributed by atoms with Crippen LogP contribution in [0, 0.1) is 0 Å². The molecule has 2 rings (SSSR count). The highest BCUT2D eigenvalue weighted by Crippen LogP contribution is 2.24. The molecule has 0 bridgehead atoms. The van der Waals surface area contributed by atoms with Gasteiger partial charge < -0.3 is 0 Å². The molecule has 0 amide bonds. The smallest absolute Gasteiger partial charge is 0.0644 e. The van der Waals surface area contributed by atoms with Crippen molar-refractivity contribution in [3.63, 3.8) is 0 Å². The summed E-state index contributed by atoms with van der Waals surface area (Å²) >= 11 is 10.9. The van der Waals surface area contributed by atoms with Crippen LogP contribution in [0.5, 0.6) is 0 Å². The molecule has 3 heteroatoms. The topological polar surface area (TPSA) is 12.4 Å². The minimum Gasteiger partial charge on any atom is -0.256 e. The zero-order chi connectivity index (χ0) is 12.8. The van der Waals surface area contributed by atoms with E-state index in [0.29, 0.717) is 0 Å². The molecule has 0 saturated carbocycles. The number of thiocarbonyl (C=S) groups is 1. The van der Waals surface area contributed by atoms with Gasteiger partial charge in [-0.15, -0.1) is 0 Å². The summed E-state index contributed by atoms with van der Waals surface area (Å²) in [7, 11) is 0. The summed E-state index contributed by atoms with van der Waals surface area (Å²) in [6.07, 6.45) is 2.41. The van der Waals surface area contributed by atoms with Crippen LogP contribution in [-0.2, 0) is 6.42 Å². The molecule has 0 heterocycles. The van der Waals surface area contributed by atoms with Gasteiger partial charge in [0.25, 0.3) is 0 Å². The van der Waals surface area contributed by atoms with Crippen LogP contribution in [0.2, 0.25) is 5.02 Å². The Kier molecular flexibility index (Phi) is 4.62. The second-order valence-corrected chi connectivity index (χ2v) is 4.53. The fraction of sp³-hybridized carbons (Fsp3) is 0.0667. The Morgan fingerprint density at radius 3 is 2.56 bits per heavy atom. The molecule has 0 aliphatic rings. The molecule has 90 valence electrons. The van der Waals surface area contributed by atoms with Crippen molar-refractivity contribution in [2.75, 3.05) is 0 Å². The van der Waals surface area contributed by atoms with E-state index in [9.17, 15) is 0 Å². The fourth-order valence-corrected chi connectivity index (χ4v) is 1.99. The van der Waals surface area contributed by atoms with Crippen molar-refractivity contribution in [3.05, 3.63) is 64.7 Å². The van der Waals surface area contributed by atoms with Gasteiger partial charge in [-0.1, -0.05) is 60.2 Å². The highest BCUT2D eigenvalue weighted by atomic mass is 35.5. The van der Waals surface area contributed by atoms with Crippen LogP contribution >= 0.6 is 23.8 Å². The van der Waals surface area contributed by atoms with Crippen molar-refractivity contribution in [1.29, 1.82) is 0 Å². The van der Waals surface area contributed by atoms with Gasteiger partial charge >= 0.3 is 0 Å². The molecule has 0 fully saturated rings. The van der Waals surface area contributed by atoms with Crippen molar-refractivity contribution in [2.45, 2.75) is 6.42 Å². The van der Waals surface area contributed by atoms with Crippen molar-refractivity contribution in [3.8, 4) is 0 Å². The standard InChI is InChI=1S/C15H12ClNS/c16-15-11-14(17-8-9-18)7-6-13(15)10-12-4-2-1-3-5-12/h1-9,11H,10H2. The van der Waals surface area contributed by atoms with Crippen LogP contribution in [-0.4, -0.2) is 11.6 Å². The van der Waals surface area contributed by atoms with Crippen molar-refractivity contribution < 1.29 is 0 Å². The number of hydrogen-bond donors (Lipinski definition) is 0. The number of hydrogen-bond acceptors (Lipinski definition) is 2. The fourth-order valence-electron chi connectivity index (χ4n) is 1.69. The first-order valence-electron chi connectivity index (χ1n) is 5.60. The van der Waals surface area contributed by atoms with Crippen molar-refractivity contribution in [2.24, 2.45) is 4.99 Å². The highest BCUT2D eigenvalue weighted by molar-refractivity contribution is 7.80. The van der Waals surface area contributed by atoms with Crippen molar-refractivity contribution >= 4 is 41.1 Å². The van der Waals surface area contributed by atoms with Gasteiger partial charge in [0, 0.05) is 16.6 Å². The van der Waals surface area contributed by atoms with E-state index in [1.54, 1.807) is 6.21 Å². The molecule has 0 aromatic heterocycles. The summed E-state index contributed by atoms with van der Waals surface area (Å²) in [6, 6.07) is 16.1. The zero-order valence-electron chi connectivity index (χ0n) is 9.71. The maximum atomic E-state index is 6.25. The summed E-state index contributed by atoms with van der Waals surface area (Å²) in [5.74, 6) is 0. The highest BCUT2D eigenvalue weighted by Gasteiger charge is 2.02. The normalized spacial score (nSPS) is 10.7. The summed E-state index contributed by atoms with van der Waals surface area (Å²) in [5.41, 5.74) is 3.16. The molecule has 0 radical (unpaired) electrons. The van der Waals surface area contributed by atoms with Gasteiger partial charge in [0.05, 0.1) is 5.69 Å². The number of benzene rings is 2. The largest absolute Gasteiger partial charge is 0.256 e. The Balaban J connectivity index is 2.20. The molecule has 2 aromatic rings. The summed E-state index contributed by atoms with van der Waals surface area (Å²) in [4.78, 5) is 4.16. The van der Waals surface area contributed by atoms with E-state index >= 15 is 0 Å².